The number of hydrogen-bond donors (Lipinski definition) is 0. The topological polar surface area (TPSA) is 35.9 Å². The molecule has 10 aromatic rings. The molecule has 5 heteroatoms. The van der Waals surface area contributed by atoms with Crippen LogP contribution in [0.4, 0.5) is 0 Å². The lowest BCUT2D eigenvalue weighted by Gasteiger charge is -2.17. The fourth-order valence-electron chi connectivity index (χ4n) is 7.61. The zero-order valence-electron chi connectivity index (χ0n) is 46.4. The van der Waals surface area contributed by atoms with E-state index in [4.69, 9.17) is 23.9 Å². The molecule has 0 aliphatic heterocycles. The van der Waals surface area contributed by atoms with Crippen molar-refractivity contribution in [1.82, 2.24) is 14.1 Å². The molecule has 280 valence electrons. The van der Waals surface area contributed by atoms with Crippen molar-refractivity contribution in [2.24, 2.45) is 0 Å². The van der Waals surface area contributed by atoms with E-state index in [0.717, 1.165) is 0 Å². The highest BCUT2D eigenvalue weighted by Gasteiger charge is 2.20. The summed E-state index contributed by atoms with van der Waals surface area (Å²) in [5.74, 6) is 0.165. The fraction of sp³-hybridized carbons (Fsp3) is 0.0943. The number of pyridine rings is 1. The number of nitrogens with zero attached hydrogens (tertiary/aromatic N) is 4. The van der Waals surface area contributed by atoms with Crippen LogP contribution in [0.25, 0.3) is 72.3 Å². The van der Waals surface area contributed by atoms with E-state index in [1.54, 1.807) is 111 Å². The molecule has 58 heavy (non-hydrogen) atoms. The van der Waals surface area contributed by atoms with E-state index in [0.29, 0.717) is 68.7 Å². The second-order valence-corrected chi connectivity index (χ2v) is 13.5. The number of rotatable bonds is 10. The summed E-state index contributed by atoms with van der Waals surface area (Å²) < 4.78 is 143. The van der Waals surface area contributed by atoms with Crippen LogP contribution in [-0.4, -0.2) is 14.1 Å². The summed E-state index contributed by atoms with van der Waals surface area (Å²) in [7, 11) is 0. The van der Waals surface area contributed by atoms with Gasteiger partial charge in [-0.2, -0.15) is 0 Å². The first kappa shape index (κ1) is 22.5. The van der Waals surface area contributed by atoms with Gasteiger partial charge in [0.25, 0.3) is 6.33 Å². The Labute approximate surface area is 359 Å². The predicted molar refractivity (Wildman–Crippen MR) is 236 cm³/mol. The molecule has 3 aromatic heterocycles. The quantitative estimate of drug-likeness (QED) is 0.103. The third-order valence-electron chi connectivity index (χ3n) is 10.3. The van der Waals surface area contributed by atoms with Gasteiger partial charge in [0.1, 0.15) is 17.3 Å². The second kappa shape index (κ2) is 15.0. The Morgan fingerprint density at radius 1 is 0.655 bits per heavy atom. The SMILES string of the molecule is [2H]c1c([2H])c([2H])c(-c2cccc(-c3c([2H])c([2H])c([2H])c([2H])c3[2H])c2-[n+]2[c-]n(-c3cccc(Oc4ccc5c6c([2H])c([2H])c([2H])c([2H])c6n(-c6cc(C([2H])(CC)CC)ccn6)c5c4)c3)c3ccccc32)c([2H])c1[2H]. The van der Waals surface area contributed by atoms with Crippen LogP contribution in [0.2, 0.25) is 0 Å². The molecule has 5 nitrogen and oxygen atoms in total. The summed E-state index contributed by atoms with van der Waals surface area (Å²) in [6.07, 6.45) is 6.05. The van der Waals surface area contributed by atoms with Crippen molar-refractivity contribution in [3.05, 3.63) is 200 Å². The monoisotopic (exact) mass is 765 g/mol. The Morgan fingerprint density at radius 2 is 1.34 bits per heavy atom. The molecule has 0 atom stereocenters. The van der Waals surface area contributed by atoms with Crippen LogP contribution in [0.15, 0.2) is 188 Å². The molecule has 0 aliphatic carbocycles. The first-order valence-electron chi connectivity index (χ1n) is 26.4. The van der Waals surface area contributed by atoms with Crippen LogP contribution in [0.1, 0.15) is 58.7 Å². The second-order valence-electron chi connectivity index (χ2n) is 13.5. The lowest BCUT2D eigenvalue weighted by atomic mass is 9.95. The van der Waals surface area contributed by atoms with Crippen molar-refractivity contribution >= 4 is 32.8 Å². The standard InChI is InChI=1S/C53H42N4O/c1-3-37(4-2)40-31-32-54-52(33-40)57-48-26-12-11-23-46(48)47-30-29-43(35-51(47)57)58-42-22-15-21-41(34-42)55-36-56(50-28-14-13-27-49(50)55)53-44(38-17-7-5-8-18-38)24-16-25-45(53)39-19-9-6-10-20-39/h5-35,37H,3-4H2,1-2H3/i5D,6D,7D,8D,9D,10D,11D,12D,17D,18D,19D,20D,23D,26D,37D. The molecule has 0 N–H and O–H groups in total. The summed E-state index contributed by atoms with van der Waals surface area (Å²) in [4.78, 5) is 4.67. The molecular formula is C53H42N4O. The van der Waals surface area contributed by atoms with Gasteiger partial charge in [0, 0.05) is 24.4 Å². The average Bonchev–Trinajstić information content (AvgIpc) is 3.96. The highest BCUT2D eigenvalue weighted by molar-refractivity contribution is 6.09. The molecule has 0 unspecified atom stereocenters. The van der Waals surface area contributed by atoms with Gasteiger partial charge in [-0.05, 0) is 95.1 Å². The number of hydrogen-bond acceptors (Lipinski definition) is 2. The van der Waals surface area contributed by atoms with Crippen molar-refractivity contribution in [3.8, 4) is 50.9 Å². The number of benzene rings is 7. The van der Waals surface area contributed by atoms with Gasteiger partial charge in [0.15, 0.2) is 0 Å². The minimum Gasteiger partial charge on any atom is -0.458 e. The van der Waals surface area contributed by atoms with Crippen molar-refractivity contribution in [2.45, 2.75) is 32.6 Å². The highest BCUT2D eigenvalue weighted by atomic mass is 16.5. The van der Waals surface area contributed by atoms with Crippen LogP contribution in [-0.2, 0) is 0 Å². The van der Waals surface area contributed by atoms with Crippen molar-refractivity contribution < 1.29 is 29.9 Å². The van der Waals surface area contributed by atoms with E-state index in [1.807, 2.05) is 19.9 Å². The summed E-state index contributed by atoms with van der Waals surface area (Å²) in [6, 6.07) is 20.8. The molecule has 7 aromatic carbocycles. The molecule has 0 saturated carbocycles. The van der Waals surface area contributed by atoms with Gasteiger partial charge in [0.05, 0.1) is 52.6 Å². The van der Waals surface area contributed by atoms with Crippen LogP contribution < -0.4 is 9.30 Å². The Balaban J connectivity index is 1.16. The maximum atomic E-state index is 9.19. The molecule has 0 fully saturated rings. The molecular weight excluding hydrogens is 709 g/mol. The molecule has 10 rings (SSSR count). The maximum absolute atomic E-state index is 9.19. The Hall–Kier alpha value is -7.24. The van der Waals surface area contributed by atoms with Gasteiger partial charge in [-0.1, -0.05) is 141 Å². The number of para-hydroxylation sites is 4. The van der Waals surface area contributed by atoms with Crippen molar-refractivity contribution in [3.63, 3.8) is 0 Å². The zero-order valence-corrected chi connectivity index (χ0v) is 31.4. The number of fused-ring (bicyclic) bond motifs is 4. The van der Waals surface area contributed by atoms with Crippen LogP contribution in [0.3, 0.4) is 0 Å². The van der Waals surface area contributed by atoms with Gasteiger partial charge in [-0.15, -0.1) is 0 Å². The summed E-state index contributed by atoms with van der Waals surface area (Å²) in [6.45, 7) is 3.89. The summed E-state index contributed by atoms with van der Waals surface area (Å²) in [5, 5.41) is 0.833. The fourth-order valence-corrected chi connectivity index (χ4v) is 7.61. The zero-order chi connectivity index (χ0) is 52.1. The molecule has 0 spiro atoms. The maximum Gasteiger partial charge on any atom is 0.269 e. The molecule has 0 radical (unpaired) electrons. The van der Waals surface area contributed by atoms with Gasteiger partial charge in [-0.25, -0.2) is 4.98 Å². The van der Waals surface area contributed by atoms with Crippen molar-refractivity contribution in [2.75, 3.05) is 0 Å². The average molecular weight is 766 g/mol. The van der Waals surface area contributed by atoms with E-state index in [-0.39, 0.29) is 51.6 Å². The first-order chi connectivity index (χ1) is 34.8. The lowest BCUT2D eigenvalue weighted by molar-refractivity contribution is -0.571. The van der Waals surface area contributed by atoms with E-state index in [9.17, 15) is 1.37 Å². The Kier molecular flexibility index (Phi) is 5.82. The first-order valence-corrected chi connectivity index (χ1v) is 18.9. The van der Waals surface area contributed by atoms with Crippen LogP contribution >= 0.6 is 0 Å². The van der Waals surface area contributed by atoms with E-state index < -0.39 is 72.4 Å². The van der Waals surface area contributed by atoms with E-state index in [1.165, 1.54) is 0 Å². The third-order valence-corrected chi connectivity index (χ3v) is 10.3. The van der Waals surface area contributed by atoms with Gasteiger partial charge < -0.3 is 4.74 Å². The van der Waals surface area contributed by atoms with Gasteiger partial charge in [-0.3, -0.25) is 13.7 Å². The molecule has 3 heterocycles. The minimum atomic E-state index is -0.919. The van der Waals surface area contributed by atoms with Crippen molar-refractivity contribution in [1.29, 1.82) is 0 Å². The third kappa shape index (κ3) is 6.22. The number of ether oxygens (including phenoxy) is 1. The highest BCUT2D eigenvalue weighted by Crippen LogP contribution is 2.37. The van der Waals surface area contributed by atoms with E-state index in [2.05, 4.69) is 11.3 Å². The predicted octanol–water partition coefficient (Wildman–Crippen LogP) is 13.2. The van der Waals surface area contributed by atoms with Crippen LogP contribution in [0.5, 0.6) is 11.5 Å². The minimum absolute atomic E-state index is 0.111. The normalized spacial score (nSPS) is 15.4. The molecule has 0 bridgehead atoms. The lowest BCUT2D eigenvalue weighted by Crippen LogP contribution is -2.31. The van der Waals surface area contributed by atoms with E-state index >= 15 is 0 Å². The van der Waals surface area contributed by atoms with Gasteiger partial charge in [0.2, 0.25) is 0 Å². The molecule has 0 aliphatic rings. The number of imidazole rings is 1. The smallest absolute Gasteiger partial charge is 0.269 e. The molecule has 0 saturated heterocycles. The largest absolute Gasteiger partial charge is 0.458 e. The van der Waals surface area contributed by atoms with Gasteiger partial charge >= 0.3 is 0 Å². The summed E-state index contributed by atoms with van der Waals surface area (Å²) >= 11 is 0. The Bertz CT molecular complexity index is 3810. The van der Waals surface area contributed by atoms with Crippen LogP contribution in [0, 0.1) is 6.33 Å². The Morgan fingerprint density at radius 3 is 2.10 bits per heavy atom. The molecule has 0 amide bonds. The summed E-state index contributed by atoms with van der Waals surface area (Å²) in [5.41, 5.74) is 3.02. The number of aromatic nitrogens is 4.